The third-order valence-electron chi connectivity index (χ3n) is 3.49. The Morgan fingerprint density at radius 3 is 2.32 bits per heavy atom. The minimum atomic E-state index is 0.330. The lowest BCUT2D eigenvalue weighted by atomic mass is 10.2. The Kier molecular flexibility index (Phi) is 5.05. The molecule has 0 saturated carbocycles. The van der Waals surface area contributed by atoms with Gasteiger partial charge in [-0.1, -0.05) is 0 Å². The summed E-state index contributed by atoms with van der Waals surface area (Å²) in [7, 11) is 0. The second-order valence-electron chi connectivity index (χ2n) is 5.34. The van der Waals surface area contributed by atoms with Gasteiger partial charge in [0.2, 0.25) is 0 Å². The van der Waals surface area contributed by atoms with Crippen LogP contribution in [0, 0.1) is 0 Å². The average Bonchev–Trinajstić information content (AvgIpc) is 2.40. The van der Waals surface area contributed by atoms with E-state index in [-0.39, 0.29) is 0 Å². The maximum atomic E-state index is 5.72. The summed E-state index contributed by atoms with van der Waals surface area (Å²) in [6, 6.07) is 8.15. The predicted octanol–water partition coefficient (Wildman–Crippen LogP) is 1.82. The van der Waals surface area contributed by atoms with Crippen molar-refractivity contribution in [3.05, 3.63) is 24.3 Å². The van der Waals surface area contributed by atoms with E-state index in [2.05, 4.69) is 35.8 Å². The molecule has 1 fully saturated rings. The van der Waals surface area contributed by atoms with Crippen molar-refractivity contribution in [3.8, 4) is 0 Å². The molecule has 1 aromatic carbocycles. The molecule has 0 unspecified atom stereocenters. The molecule has 1 aliphatic heterocycles. The second-order valence-corrected chi connectivity index (χ2v) is 5.34. The zero-order valence-electron chi connectivity index (χ0n) is 12.0. The Hall–Kier alpha value is -1.26. The van der Waals surface area contributed by atoms with Crippen LogP contribution in [0.1, 0.15) is 13.8 Å². The zero-order valence-corrected chi connectivity index (χ0v) is 12.0. The highest BCUT2D eigenvalue weighted by molar-refractivity contribution is 5.53. The van der Waals surface area contributed by atoms with Crippen LogP contribution in [-0.4, -0.2) is 50.3 Å². The molecular weight excluding hydrogens is 238 g/mol. The van der Waals surface area contributed by atoms with Crippen molar-refractivity contribution in [2.75, 3.05) is 50.0 Å². The first-order chi connectivity index (χ1) is 9.15. The molecule has 0 amide bonds. The minimum absolute atomic E-state index is 0.330. The molecule has 0 spiro atoms. The van der Waals surface area contributed by atoms with Gasteiger partial charge in [0.15, 0.2) is 0 Å². The second kappa shape index (κ2) is 6.78. The van der Waals surface area contributed by atoms with Crippen molar-refractivity contribution < 1.29 is 4.74 Å². The topological polar surface area (TPSA) is 41.7 Å². The van der Waals surface area contributed by atoms with E-state index < -0.39 is 0 Å². The van der Waals surface area contributed by atoms with Crippen LogP contribution in [0.5, 0.6) is 0 Å². The summed E-state index contributed by atoms with van der Waals surface area (Å²) in [4.78, 5) is 4.88. The summed E-state index contributed by atoms with van der Waals surface area (Å²) in [5.41, 5.74) is 7.81. The molecule has 4 heteroatoms. The molecule has 1 aliphatic rings. The summed E-state index contributed by atoms with van der Waals surface area (Å²) in [5, 5.41) is 0. The van der Waals surface area contributed by atoms with Gasteiger partial charge in [-0.25, -0.2) is 0 Å². The van der Waals surface area contributed by atoms with Crippen LogP contribution in [-0.2, 0) is 4.74 Å². The third kappa shape index (κ3) is 4.40. The number of rotatable bonds is 5. The molecule has 1 aromatic rings. The summed E-state index contributed by atoms with van der Waals surface area (Å²) in [6.07, 6.45) is 0.330. The van der Waals surface area contributed by atoms with Crippen LogP contribution >= 0.6 is 0 Å². The van der Waals surface area contributed by atoms with Gasteiger partial charge in [0.1, 0.15) is 0 Å². The number of nitrogen functional groups attached to an aromatic ring is 1. The normalized spacial score (nSPS) is 17.1. The lowest BCUT2D eigenvalue weighted by molar-refractivity contribution is 0.0579. The van der Waals surface area contributed by atoms with Crippen molar-refractivity contribution in [2.24, 2.45) is 0 Å². The van der Waals surface area contributed by atoms with Crippen molar-refractivity contribution >= 4 is 11.4 Å². The Bertz CT molecular complexity index is 369. The highest BCUT2D eigenvalue weighted by Crippen LogP contribution is 2.17. The van der Waals surface area contributed by atoms with Crippen LogP contribution in [0.4, 0.5) is 11.4 Å². The Balaban J connectivity index is 1.74. The van der Waals surface area contributed by atoms with Gasteiger partial charge >= 0.3 is 0 Å². The molecule has 2 N–H and O–H groups in total. The quantitative estimate of drug-likeness (QED) is 0.823. The summed E-state index contributed by atoms with van der Waals surface area (Å²) in [5.74, 6) is 0. The Morgan fingerprint density at radius 1 is 1.11 bits per heavy atom. The van der Waals surface area contributed by atoms with E-state index in [1.54, 1.807) is 0 Å². The summed E-state index contributed by atoms with van der Waals surface area (Å²) >= 11 is 0. The van der Waals surface area contributed by atoms with E-state index in [1.165, 1.54) is 5.69 Å². The molecule has 0 atom stereocenters. The van der Waals surface area contributed by atoms with E-state index in [9.17, 15) is 0 Å². The van der Waals surface area contributed by atoms with E-state index in [0.717, 1.165) is 45.0 Å². The van der Waals surface area contributed by atoms with Gasteiger partial charge in [-0.05, 0) is 38.1 Å². The first-order valence-corrected chi connectivity index (χ1v) is 7.09. The fourth-order valence-electron chi connectivity index (χ4n) is 2.33. The van der Waals surface area contributed by atoms with Crippen molar-refractivity contribution in [1.82, 2.24) is 4.90 Å². The van der Waals surface area contributed by atoms with E-state index in [0.29, 0.717) is 6.10 Å². The van der Waals surface area contributed by atoms with Gasteiger partial charge < -0.3 is 15.4 Å². The monoisotopic (exact) mass is 263 g/mol. The van der Waals surface area contributed by atoms with Crippen molar-refractivity contribution in [3.63, 3.8) is 0 Å². The van der Waals surface area contributed by atoms with Crippen LogP contribution < -0.4 is 10.6 Å². The molecule has 1 heterocycles. The smallest absolute Gasteiger partial charge is 0.0596 e. The van der Waals surface area contributed by atoms with Crippen LogP contribution in [0.2, 0.25) is 0 Å². The highest BCUT2D eigenvalue weighted by Gasteiger charge is 2.16. The molecule has 2 rings (SSSR count). The minimum Gasteiger partial charge on any atom is -0.399 e. The van der Waals surface area contributed by atoms with Gasteiger partial charge in [0, 0.05) is 44.1 Å². The standard InChI is InChI=1S/C15H25N3O/c1-13(2)19-12-11-17-7-9-18(10-8-17)15-5-3-14(16)4-6-15/h3-6,13H,7-12,16H2,1-2H3. The van der Waals surface area contributed by atoms with E-state index in [4.69, 9.17) is 10.5 Å². The lowest BCUT2D eigenvalue weighted by Gasteiger charge is -2.36. The maximum absolute atomic E-state index is 5.72. The molecule has 19 heavy (non-hydrogen) atoms. The average molecular weight is 263 g/mol. The highest BCUT2D eigenvalue weighted by atomic mass is 16.5. The molecule has 0 aromatic heterocycles. The Morgan fingerprint density at radius 2 is 1.74 bits per heavy atom. The number of hydrogen-bond donors (Lipinski definition) is 1. The molecule has 0 radical (unpaired) electrons. The predicted molar refractivity (Wildman–Crippen MR) is 80.6 cm³/mol. The van der Waals surface area contributed by atoms with Gasteiger partial charge in [-0.3, -0.25) is 4.90 Å². The molecule has 4 nitrogen and oxygen atoms in total. The molecular formula is C15H25N3O. The summed E-state index contributed by atoms with van der Waals surface area (Å²) in [6.45, 7) is 10.4. The first kappa shape index (κ1) is 14.2. The van der Waals surface area contributed by atoms with E-state index >= 15 is 0 Å². The number of hydrogen-bond acceptors (Lipinski definition) is 4. The number of piperazine rings is 1. The van der Waals surface area contributed by atoms with Gasteiger partial charge in [-0.2, -0.15) is 0 Å². The molecule has 106 valence electrons. The first-order valence-electron chi connectivity index (χ1n) is 7.09. The molecule has 0 aliphatic carbocycles. The fraction of sp³-hybridized carbons (Fsp3) is 0.600. The lowest BCUT2D eigenvalue weighted by Crippen LogP contribution is -2.47. The number of nitrogens with two attached hydrogens (primary N) is 1. The number of nitrogens with zero attached hydrogens (tertiary/aromatic N) is 2. The van der Waals surface area contributed by atoms with Gasteiger partial charge in [-0.15, -0.1) is 0 Å². The largest absolute Gasteiger partial charge is 0.399 e. The molecule has 1 saturated heterocycles. The number of anilines is 2. The number of benzene rings is 1. The van der Waals surface area contributed by atoms with Crippen molar-refractivity contribution in [1.29, 1.82) is 0 Å². The molecule has 0 bridgehead atoms. The van der Waals surface area contributed by atoms with E-state index in [1.807, 2.05) is 12.1 Å². The number of ether oxygens (including phenoxy) is 1. The maximum Gasteiger partial charge on any atom is 0.0596 e. The Labute approximate surface area is 116 Å². The SMILES string of the molecule is CC(C)OCCN1CCN(c2ccc(N)cc2)CC1. The van der Waals surface area contributed by atoms with Crippen molar-refractivity contribution in [2.45, 2.75) is 20.0 Å². The van der Waals surface area contributed by atoms with Gasteiger partial charge in [0.25, 0.3) is 0 Å². The van der Waals surface area contributed by atoms with Crippen LogP contribution in [0.25, 0.3) is 0 Å². The third-order valence-corrected chi connectivity index (χ3v) is 3.49. The summed E-state index contributed by atoms with van der Waals surface area (Å²) < 4.78 is 5.60. The van der Waals surface area contributed by atoms with Crippen LogP contribution in [0.15, 0.2) is 24.3 Å². The van der Waals surface area contributed by atoms with Gasteiger partial charge in [0.05, 0.1) is 12.7 Å². The fourth-order valence-corrected chi connectivity index (χ4v) is 2.33. The zero-order chi connectivity index (χ0) is 13.7. The van der Waals surface area contributed by atoms with Crippen LogP contribution in [0.3, 0.4) is 0 Å².